The number of hydrogen-bond acceptors (Lipinski definition) is 5. The van der Waals surface area contributed by atoms with E-state index in [0.29, 0.717) is 19.0 Å². The van der Waals surface area contributed by atoms with Gasteiger partial charge >= 0.3 is 0 Å². The highest BCUT2D eigenvalue weighted by molar-refractivity contribution is 7.19. The summed E-state index contributed by atoms with van der Waals surface area (Å²) in [5.41, 5.74) is 1.19. The predicted molar refractivity (Wildman–Crippen MR) is 126 cm³/mol. The lowest BCUT2D eigenvalue weighted by Crippen LogP contribution is -2.43. The molecule has 0 saturated heterocycles. The fourth-order valence-corrected chi connectivity index (χ4v) is 4.35. The summed E-state index contributed by atoms with van der Waals surface area (Å²) >= 11 is 1.62. The minimum Gasteiger partial charge on any atom is -0.497 e. The lowest BCUT2D eigenvalue weighted by Gasteiger charge is -2.26. The van der Waals surface area contributed by atoms with E-state index in [1.54, 1.807) is 25.5 Å². The third-order valence-electron chi connectivity index (χ3n) is 5.05. The molecule has 0 bridgehead atoms. The van der Waals surface area contributed by atoms with Crippen LogP contribution in [-0.4, -0.2) is 57.3 Å². The van der Waals surface area contributed by atoms with Crippen LogP contribution in [0.4, 0.5) is 0 Å². The van der Waals surface area contributed by atoms with Crippen LogP contribution in [0.15, 0.2) is 59.6 Å². The average molecular weight is 427 g/mol. The van der Waals surface area contributed by atoms with Crippen LogP contribution >= 0.6 is 11.3 Å². The van der Waals surface area contributed by atoms with Gasteiger partial charge in [0.2, 0.25) is 0 Å². The SMILES string of the molecule is CN=C(NCC(O)c1cc2ccccc2s1)NCC(c1ccc(OC)cc1)N(C)C. The average Bonchev–Trinajstić information content (AvgIpc) is 3.20. The van der Waals surface area contributed by atoms with Gasteiger partial charge in [-0.25, -0.2) is 0 Å². The first kappa shape index (κ1) is 22.1. The van der Waals surface area contributed by atoms with Crippen molar-refractivity contribution in [1.29, 1.82) is 0 Å². The first-order valence-electron chi connectivity index (χ1n) is 9.93. The topological polar surface area (TPSA) is 69.1 Å². The molecule has 3 rings (SSSR count). The molecule has 6 nitrogen and oxygen atoms in total. The molecule has 0 saturated carbocycles. The Balaban J connectivity index is 1.57. The molecule has 2 unspecified atom stereocenters. The minimum absolute atomic E-state index is 0.168. The summed E-state index contributed by atoms with van der Waals surface area (Å²) < 4.78 is 6.44. The number of rotatable bonds is 8. The zero-order valence-corrected chi connectivity index (χ0v) is 18.7. The first-order valence-corrected chi connectivity index (χ1v) is 10.7. The Morgan fingerprint density at radius 3 is 2.43 bits per heavy atom. The third kappa shape index (κ3) is 5.50. The van der Waals surface area contributed by atoms with Gasteiger partial charge in [-0.2, -0.15) is 0 Å². The summed E-state index contributed by atoms with van der Waals surface area (Å²) in [7, 11) is 7.51. The molecule has 3 aromatic rings. The number of guanidine groups is 1. The number of nitrogens with one attached hydrogen (secondary N) is 2. The standard InChI is InChI=1S/C23H30N4O2S/c1-24-23(25-14-19(27(2)3)16-9-11-18(29-4)12-10-16)26-15-20(28)22-13-17-7-5-6-8-21(17)30-22/h5-13,19-20,28H,14-15H2,1-4H3,(H2,24,25,26). The molecule has 2 atom stereocenters. The Labute approximate surface area is 182 Å². The summed E-state index contributed by atoms with van der Waals surface area (Å²) in [6.45, 7) is 1.07. The Morgan fingerprint density at radius 1 is 1.10 bits per heavy atom. The lowest BCUT2D eigenvalue weighted by atomic mass is 10.1. The van der Waals surface area contributed by atoms with Crippen LogP contribution < -0.4 is 15.4 Å². The van der Waals surface area contributed by atoms with Crippen molar-refractivity contribution in [3.05, 3.63) is 65.0 Å². The number of likely N-dealkylation sites (N-methyl/N-ethyl adjacent to an activating group) is 1. The highest BCUT2D eigenvalue weighted by Gasteiger charge is 2.16. The first-order chi connectivity index (χ1) is 14.5. The highest BCUT2D eigenvalue weighted by atomic mass is 32.1. The van der Waals surface area contributed by atoms with E-state index in [9.17, 15) is 5.11 Å². The number of aliphatic imine (C=N–C) groups is 1. The van der Waals surface area contributed by atoms with Gasteiger partial charge in [0.25, 0.3) is 0 Å². The van der Waals surface area contributed by atoms with E-state index >= 15 is 0 Å². The van der Waals surface area contributed by atoms with Gasteiger partial charge in [0, 0.05) is 29.7 Å². The predicted octanol–water partition coefficient (Wildman–Crippen LogP) is 3.41. The van der Waals surface area contributed by atoms with E-state index in [-0.39, 0.29) is 6.04 Å². The van der Waals surface area contributed by atoms with Crippen LogP contribution in [0.3, 0.4) is 0 Å². The van der Waals surface area contributed by atoms with Gasteiger partial charge in [-0.3, -0.25) is 4.99 Å². The number of methoxy groups -OCH3 is 1. The van der Waals surface area contributed by atoms with Crippen LogP contribution in [0.2, 0.25) is 0 Å². The number of nitrogens with zero attached hydrogens (tertiary/aromatic N) is 2. The molecule has 160 valence electrons. The highest BCUT2D eigenvalue weighted by Crippen LogP contribution is 2.29. The van der Waals surface area contributed by atoms with Crippen LogP contribution in [0.5, 0.6) is 5.75 Å². The Morgan fingerprint density at radius 2 is 1.80 bits per heavy atom. The molecule has 0 fully saturated rings. The van der Waals surface area contributed by atoms with Crippen molar-refractivity contribution in [2.45, 2.75) is 12.1 Å². The zero-order valence-electron chi connectivity index (χ0n) is 17.9. The van der Waals surface area contributed by atoms with E-state index in [2.05, 4.69) is 58.9 Å². The van der Waals surface area contributed by atoms with E-state index in [0.717, 1.165) is 16.0 Å². The molecule has 0 amide bonds. The molecule has 30 heavy (non-hydrogen) atoms. The summed E-state index contributed by atoms with van der Waals surface area (Å²) in [4.78, 5) is 7.41. The molecule has 0 aliphatic heterocycles. The summed E-state index contributed by atoms with van der Waals surface area (Å²) in [6.07, 6.45) is -0.591. The molecular formula is C23H30N4O2S. The summed E-state index contributed by atoms with van der Waals surface area (Å²) in [5.74, 6) is 1.51. The Bertz CT molecular complexity index is 936. The van der Waals surface area contributed by atoms with Crippen molar-refractivity contribution in [1.82, 2.24) is 15.5 Å². The van der Waals surface area contributed by atoms with Crippen molar-refractivity contribution in [3.63, 3.8) is 0 Å². The van der Waals surface area contributed by atoms with Gasteiger partial charge in [0.1, 0.15) is 11.9 Å². The van der Waals surface area contributed by atoms with Gasteiger partial charge in [0.05, 0.1) is 13.2 Å². The molecule has 0 spiro atoms. The van der Waals surface area contributed by atoms with Crippen LogP contribution in [-0.2, 0) is 0 Å². The number of ether oxygens (including phenoxy) is 1. The van der Waals surface area contributed by atoms with Crippen molar-refractivity contribution >= 4 is 27.4 Å². The van der Waals surface area contributed by atoms with Crippen molar-refractivity contribution in [3.8, 4) is 5.75 Å². The molecule has 0 aliphatic carbocycles. The molecule has 0 aliphatic rings. The largest absolute Gasteiger partial charge is 0.497 e. The molecule has 7 heteroatoms. The third-order valence-corrected chi connectivity index (χ3v) is 6.26. The van der Waals surface area contributed by atoms with Gasteiger partial charge in [0.15, 0.2) is 5.96 Å². The van der Waals surface area contributed by atoms with E-state index in [4.69, 9.17) is 4.74 Å². The van der Waals surface area contributed by atoms with Crippen LogP contribution in [0.1, 0.15) is 22.6 Å². The van der Waals surface area contributed by atoms with Crippen molar-refractivity contribution in [2.75, 3.05) is 41.3 Å². The minimum atomic E-state index is -0.591. The Kier molecular flexibility index (Phi) is 7.68. The van der Waals surface area contributed by atoms with Gasteiger partial charge in [-0.05, 0) is 49.3 Å². The second-order valence-corrected chi connectivity index (χ2v) is 8.40. The number of aliphatic hydroxyl groups excluding tert-OH is 1. The maximum Gasteiger partial charge on any atom is 0.191 e. The fraction of sp³-hybridized carbons (Fsp3) is 0.348. The van der Waals surface area contributed by atoms with E-state index in [1.165, 1.54) is 10.3 Å². The zero-order chi connectivity index (χ0) is 21.5. The van der Waals surface area contributed by atoms with Crippen molar-refractivity contribution in [2.24, 2.45) is 4.99 Å². The maximum absolute atomic E-state index is 10.6. The van der Waals surface area contributed by atoms with E-state index < -0.39 is 6.10 Å². The van der Waals surface area contributed by atoms with Crippen LogP contribution in [0.25, 0.3) is 10.1 Å². The molecule has 0 radical (unpaired) electrons. The normalized spacial score (nSPS) is 14.0. The van der Waals surface area contributed by atoms with Gasteiger partial charge in [-0.15, -0.1) is 11.3 Å². The van der Waals surface area contributed by atoms with Gasteiger partial charge < -0.3 is 25.4 Å². The molecule has 3 N–H and O–H groups in total. The van der Waals surface area contributed by atoms with Crippen LogP contribution in [0, 0.1) is 0 Å². The molecular weight excluding hydrogens is 396 g/mol. The molecule has 1 heterocycles. The van der Waals surface area contributed by atoms with Gasteiger partial charge in [-0.1, -0.05) is 30.3 Å². The molecule has 1 aromatic heterocycles. The number of fused-ring (bicyclic) bond motifs is 1. The number of hydrogen-bond donors (Lipinski definition) is 3. The smallest absolute Gasteiger partial charge is 0.191 e. The van der Waals surface area contributed by atoms with Crippen molar-refractivity contribution < 1.29 is 9.84 Å². The second kappa shape index (κ2) is 10.4. The van der Waals surface area contributed by atoms with E-state index in [1.807, 2.05) is 30.3 Å². The summed E-state index contributed by atoms with van der Waals surface area (Å²) in [6, 6.07) is 18.5. The fourth-order valence-electron chi connectivity index (χ4n) is 3.30. The maximum atomic E-state index is 10.6. The quantitative estimate of drug-likeness (QED) is 0.380. The Hall–Kier alpha value is -2.61. The number of thiophene rings is 1. The second-order valence-electron chi connectivity index (χ2n) is 7.29. The number of benzene rings is 2. The lowest BCUT2D eigenvalue weighted by molar-refractivity contribution is 0.184. The number of aliphatic hydroxyl groups is 1. The molecule has 2 aromatic carbocycles. The monoisotopic (exact) mass is 426 g/mol. The summed E-state index contributed by atoms with van der Waals surface area (Å²) in [5, 5.41) is 18.4.